The van der Waals surface area contributed by atoms with Crippen LogP contribution in [0.1, 0.15) is 13.8 Å². The maximum absolute atomic E-state index is 11.2. The topological polar surface area (TPSA) is 93.5 Å². The molecule has 0 radical (unpaired) electrons. The van der Waals surface area contributed by atoms with E-state index in [4.69, 9.17) is 9.84 Å². The fraction of sp³-hybridized carbons (Fsp3) is 0.444. The van der Waals surface area contributed by atoms with Crippen molar-refractivity contribution in [1.82, 2.24) is 9.78 Å². The highest BCUT2D eigenvalue weighted by atomic mass is 16.6. The molecule has 1 rings (SSSR count). The van der Waals surface area contributed by atoms with Gasteiger partial charge >= 0.3 is 12.1 Å². The molecule has 88 valence electrons. The molecule has 0 saturated carbocycles. The van der Waals surface area contributed by atoms with Gasteiger partial charge in [-0.3, -0.25) is 14.8 Å². The van der Waals surface area contributed by atoms with Gasteiger partial charge in [0, 0.05) is 6.20 Å². The SMILES string of the molecule is CC(C)OC(=O)Nc1cnn(CC(=O)O)c1. The van der Waals surface area contributed by atoms with Crippen LogP contribution in [0.15, 0.2) is 12.4 Å². The summed E-state index contributed by atoms with van der Waals surface area (Å²) in [4.78, 5) is 21.5. The van der Waals surface area contributed by atoms with E-state index >= 15 is 0 Å². The van der Waals surface area contributed by atoms with E-state index in [1.807, 2.05) is 0 Å². The lowest BCUT2D eigenvalue weighted by atomic mass is 10.5. The summed E-state index contributed by atoms with van der Waals surface area (Å²) in [5, 5.41) is 14.7. The Morgan fingerprint density at radius 2 is 2.31 bits per heavy atom. The predicted molar refractivity (Wildman–Crippen MR) is 55.1 cm³/mol. The highest BCUT2D eigenvalue weighted by Gasteiger charge is 2.08. The second-order valence-electron chi connectivity index (χ2n) is 3.40. The molecule has 0 fully saturated rings. The number of carbonyl (C=O) groups is 2. The Bertz CT molecular complexity index is 386. The van der Waals surface area contributed by atoms with Gasteiger partial charge in [-0.1, -0.05) is 0 Å². The van der Waals surface area contributed by atoms with E-state index in [2.05, 4.69) is 10.4 Å². The number of ether oxygens (including phenoxy) is 1. The summed E-state index contributed by atoms with van der Waals surface area (Å²) < 4.78 is 6.04. The van der Waals surface area contributed by atoms with Crippen molar-refractivity contribution in [3.05, 3.63) is 12.4 Å². The molecule has 7 nitrogen and oxygen atoms in total. The Kier molecular flexibility index (Phi) is 3.87. The third kappa shape index (κ3) is 3.99. The largest absolute Gasteiger partial charge is 0.480 e. The first kappa shape index (κ1) is 12.0. The highest BCUT2D eigenvalue weighted by Crippen LogP contribution is 2.05. The van der Waals surface area contributed by atoms with E-state index in [9.17, 15) is 9.59 Å². The molecule has 1 aromatic heterocycles. The molecule has 0 saturated heterocycles. The number of nitrogens with one attached hydrogen (secondary N) is 1. The first-order chi connectivity index (χ1) is 7.47. The minimum absolute atomic E-state index is 0.214. The summed E-state index contributed by atoms with van der Waals surface area (Å²) in [6.07, 6.45) is 1.96. The first-order valence-electron chi connectivity index (χ1n) is 4.69. The molecule has 1 heterocycles. The van der Waals surface area contributed by atoms with Crippen molar-refractivity contribution < 1.29 is 19.4 Å². The maximum atomic E-state index is 11.2. The van der Waals surface area contributed by atoms with Crippen LogP contribution in [0.3, 0.4) is 0 Å². The lowest BCUT2D eigenvalue weighted by Gasteiger charge is -2.07. The summed E-state index contributed by atoms with van der Waals surface area (Å²) in [6.45, 7) is 3.21. The van der Waals surface area contributed by atoms with Gasteiger partial charge in [0.1, 0.15) is 6.54 Å². The molecule has 0 spiro atoms. The minimum atomic E-state index is -1.00. The Balaban J connectivity index is 2.51. The lowest BCUT2D eigenvalue weighted by molar-refractivity contribution is -0.137. The molecule has 1 amide bonds. The molecule has 0 aliphatic heterocycles. The Morgan fingerprint density at radius 1 is 1.62 bits per heavy atom. The van der Waals surface area contributed by atoms with Crippen LogP contribution in [0.5, 0.6) is 0 Å². The molecule has 1 aromatic rings. The Labute approximate surface area is 92.0 Å². The number of carboxylic acid groups (broad SMARTS) is 1. The average molecular weight is 227 g/mol. The van der Waals surface area contributed by atoms with Crippen LogP contribution in [-0.2, 0) is 16.1 Å². The van der Waals surface area contributed by atoms with Gasteiger partial charge in [-0.25, -0.2) is 4.79 Å². The zero-order chi connectivity index (χ0) is 12.1. The molecule has 16 heavy (non-hydrogen) atoms. The van der Waals surface area contributed by atoms with Crippen LogP contribution in [0.4, 0.5) is 10.5 Å². The van der Waals surface area contributed by atoms with E-state index in [1.165, 1.54) is 17.1 Å². The smallest absolute Gasteiger partial charge is 0.411 e. The maximum Gasteiger partial charge on any atom is 0.411 e. The number of amides is 1. The molecule has 0 atom stereocenters. The van der Waals surface area contributed by atoms with Crippen molar-refractivity contribution in [1.29, 1.82) is 0 Å². The van der Waals surface area contributed by atoms with Crippen molar-refractivity contribution >= 4 is 17.7 Å². The molecule has 2 N–H and O–H groups in total. The zero-order valence-corrected chi connectivity index (χ0v) is 9.01. The quantitative estimate of drug-likeness (QED) is 0.797. The molecular formula is C9H13N3O4. The molecule has 0 bridgehead atoms. The normalized spacial score (nSPS) is 10.2. The lowest BCUT2D eigenvalue weighted by Crippen LogP contribution is -2.17. The zero-order valence-electron chi connectivity index (χ0n) is 9.01. The molecule has 7 heteroatoms. The van der Waals surface area contributed by atoms with Gasteiger partial charge < -0.3 is 9.84 Å². The number of rotatable bonds is 4. The monoisotopic (exact) mass is 227 g/mol. The van der Waals surface area contributed by atoms with Gasteiger partial charge in [0.25, 0.3) is 0 Å². The van der Waals surface area contributed by atoms with E-state index < -0.39 is 12.1 Å². The number of hydrogen-bond acceptors (Lipinski definition) is 4. The van der Waals surface area contributed by atoms with Crippen LogP contribution in [0.25, 0.3) is 0 Å². The Hall–Kier alpha value is -2.05. The van der Waals surface area contributed by atoms with Crippen molar-refractivity contribution in [3.63, 3.8) is 0 Å². The number of anilines is 1. The van der Waals surface area contributed by atoms with Gasteiger partial charge in [0.05, 0.1) is 18.0 Å². The van der Waals surface area contributed by atoms with Crippen molar-refractivity contribution in [2.24, 2.45) is 0 Å². The van der Waals surface area contributed by atoms with Crippen LogP contribution >= 0.6 is 0 Å². The van der Waals surface area contributed by atoms with Gasteiger partial charge in [-0.2, -0.15) is 5.10 Å². The van der Waals surface area contributed by atoms with Crippen LogP contribution < -0.4 is 5.32 Å². The van der Waals surface area contributed by atoms with Crippen molar-refractivity contribution in [2.45, 2.75) is 26.5 Å². The van der Waals surface area contributed by atoms with Gasteiger partial charge in [0.15, 0.2) is 0 Å². The third-order valence-electron chi connectivity index (χ3n) is 1.52. The Morgan fingerprint density at radius 3 is 2.88 bits per heavy atom. The molecule has 0 unspecified atom stereocenters. The van der Waals surface area contributed by atoms with E-state index in [0.717, 1.165) is 0 Å². The average Bonchev–Trinajstić information content (AvgIpc) is 2.49. The molecule has 0 aliphatic rings. The van der Waals surface area contributed by atoms with Gasteiger partial charge in [-0.05, 0) is 13.8 Å². The number of carboxylic acids is 1. The summed E-state index contributed by atoms with van der Waals surface area (Å²) in [5.74, 6) is -1.00. The van der Waals surface area contributed by atoms with E-state index in [0.29, 0.717) is 5.69 Å². The fourth-order valence-electron chi connectivity index (χ4n) is 1.01. The van der Waals surface area contributed by atoms with E-state index in [1.54, 1.807) is 13.8 Å². The summed E-state index contributed by atoms with van der Waals surface area (Å²) >= 11 is 0. The predicted octanol–water partition coefficient (Wildman–Crippen LogP) is 0.925. The van der Waals surface area contributed by atoms with Crippen molar-refractivity contribution in [3.8, 4) is 0 Å². The van der Waals surface area contributed by atoms with Crippen molar-refractivity contribution in [2.75, 3.05) is 5.32 Å². The molecule has 0 aromatic carbocycles. The van der Waals surface area contributed by atoms with Gasteiger partial charge in [-0.15, -0.1) is 0 Å². The highest BCUT2D eigenvalue weighted by molar-refractivity contribution is 5.84. The number of carbonyl (C=O) groups excluding carboxylic acids is 1. The number of aromatic nitrogens is 2. The minimum Gasteiger partial charge on any atom is -0.480 e. The first-order valence-corrected chi connectivity index (χ1v) is 4.69. The standard InChI is InChI=1S/C9H13N3O4/c1-6(2)16-9(15)11-7-3-10-12(4-7)5-8(13)14/h3-4,6H,5H2,1-2H3,(H,11,15)(H,13,14). The number of nitrogens with zero attached hydrogens (tertiary/aromatic N) is 2. The van der Waals surface area contributed by atoms with Crippen LogP contribution in [0, 0.1) is 0 Å². The van der Waals surface area contributed by atoms with E-state index in [-0.39, 0.29) is 12.6 Å². The van der Waals surface area contributed by atoms with Crippen LogP contribution in [-0.4, -0.2) is 33.1 Å². The fourth-order valence-corrected chi connectivity index (χ4v) is 1.01. The van der Waals surface area contributed by atoms with Gasteiger partial charge in [0.2, 0.25) is 0 Å². The summed E-state index contributed by atoms with van der Waals surface area (Å²) in [6, 6.07) is 0. The second-order valence-corrected chi connectivity index (χ2v) is 3.40. The number of hydrogen-bond donors (Lipinski definition) is 2. The summed E-state index contributed by atoms with van der Waals surface area (Å²) in [7, 11) is 0. The molecular weight excluding hydrogens is 214 g/mol. The van der Waals surface area contributed by atoms with Crippen LogP contribution in [0.2, 0.25) is 0 Å². The summed E-state index contributed by atoms with van der Waals surface area (Å²) in [5.41, 5.74) is 0.395. The molecule has 0 aliphatic carbocycles. The second kappa shape index (κ2) is 5.15. The third-order valence-corrected chi connectivity index (χ3v) is 1.52. The number of aliphatic carboxylic acids is 1.